The van der Waals surface area contributed by atoms with Crippen molar-refractivity contribution in [2.75, 3.05) is 26.4 Å². The first-order valence-corrected chi connectivity index (χ1v) is 19.2. The highest BCUT2D eigenvalue weighted by Gasteiger charge is 2.53. The lowest BCUT2D eigenvalue weighted by Gasteiger charge is -2.48. The third kappa shape index (κ3) is 13.8. The fourth-order valence-corrected chi connectivity index (χ4v) is 6.41. The summed E-state index contributed by atoms with van der Waals surface area (Å²) < 4.78 is 33.4. The number of amides is 1. The van der Waals surface area contributed by atoms with Gasteiger partial charge in [-0.1, -0.05) is 56.2 Å². The van der Waals surface area contributed by atoms with Crippen molar-refractivity contribution in [3.8, 4) is 0 Å². The minimum Gasteiger partial charge on any atom is -0.394 e. The van der Waals surface area contributed by atoms with E-state index >= 15 is 0 Å². The van der Waals surface area contributed by atoms with Crippen LogP contribution in [0.3, 0.4) is 0 Å². The summed E-state index contributed by atoms with van der Waals surface area (Å²) in [4.78, 5) is 11.9. The number of aliphatic hydroxyl groups is 11. The number of hydrogen-bond donors (Lipinski definition) is 12. The van der Waals surface area contributed by atoms with Gasteiger partial charge in [0.25, 0.3) is 0 Å². The summed E-state index contributed by atoms with van der Waals surface area (Å²) in [5.74, 6) is -0.472. The van der Waals surface area contributed by atoms with Crippen molar-refractivity contribution < 1.29 is 89.4 Å². The van der Waals surface area contributed by atoms with Gasteiger partial charge in [-0.05, 0) is 32.1 Å². The lowest BCUT2D eigenvalue weighted by atomic mass is 9.96. The lowest BCUT2D eigenvalue weighted by Crippen LogP contribution is -2.66. The van der Waals surface area contributed by atoms with Crippen molar-refractivity contribution in [2.24, 2.45) is 0 Å². The van der Waals surface area contributed by atoms with Crippen molar-refractivity contribution in [1.29, 1.82) is 0 Å². The molecule has 3 saturated heterocycles. The van der Waals surface area contributed by atoms with Gasteiger partial charge in [-0.2, -0.15) is 0 Å². The molecule has 3 rings (SSSR count). The topological polar surface area (TPSA) is 307 Å². The molecule has 3 aliphatic heterocycles. The first kappa shape index (κ1) is 48.4. The molecular weight excluding hydrogens is 746 g/mol. The Kier molecular flexibility index (Phi) is 21.4. The van der Waals surface area contributed by atoms with E-state index in [9.17, 15) is 61.0 Å². The Morgan fingerprint density at radius 1 is 0.625 bits per heavy atom. The molecular formula is C37H63NO18. The molecule has 0 aliphatic carbocycles. The zero-order chi connectivity index (χ0) is 41.4. The molecule has 0 spiro atoms. The Morgan fingerprint density at radius 2 is 1.07 bits per heavy atom. The van der Waals surface area contributed by atoms with Crippen LogP contribution in [0, 0.1) is 0 Å². The number of unbranched alkanes of at least 4 members (excludes halogenated alkanes) is 4. The van der Waals surface area contributed by atoms with Crippen LogP contribution < -0.4 is 5.32 Å². The molecule has 0 aromatic carbocycles. The van der Waals surface area contributed by atoms with Crippen LogP contribution in [0.4, 0.5) is 0 Å². The maximum Gasteiger partial charge on any atom is 0.217 e. The van der Waals surface area contributed by atoms with Gasteiger partial charge in [0.05, 0.1) is 38.6 Å². The van der Waals surface area contributed by atoms with Crippen LogP contribution in [0.15, 0.2) is 36.5 Å². The van der Waals surface area contributed by atoms with Crippen molar-refractivity contribution in [3.05, 3.63) is 36.5 Å². The van der Waals surface area contributed by atoms with Crippen LogP contribution in [-0.2, 0) is 33.2 Å². The van der Waals surface area contributed by atoms with Crippen molar-refractivity contribution in [3.63, 3.8) is 0 Å². The average Bonchev–Trinajstić information content (AvgIpc) is 3.18. The summed E-state index contributed by atoms with van der Waals surface area (Å²) >= 11 is 0. The minimum absolute atomic E-state index is 0.389. The Bertz CT molecular complexity index is 1200. The summed E-state index contributed by atoms with van der Waals surface area (Å²) in [6.07, 6.45) is -8.32. The molecule has 0 aromatic rings. The molecule has 0 aromatic heterocycles. The zero-order valence-electron chi connectivity index (χ0n) is 31.8. The quantitative estimate of drug-likeness (QED) is 0.0377. The van der Waals surface area contributed by atoms with Gasteiger partial charge in [0.15, 0.2) is 18.9 Å². The lowest BCUT2D eigenvalue weighted by molar-refractivity contribution is -0.379. The highest BCUT2D eigenvalue weighted by atomic mass is 16.8. The monoisotopic (exact) mass is 809 g/mol. The number of carbonyl (C=O) groups is 1. The fourth-order valence-electron chi connectivity index (χ4n) is 6.41. The second-order valence-corrected chi connectivity index (χ2v) is 14.1. The molecule has 0 bridgehead atoms. The maximum absolute atomic E-state index is 11.9. The second-order valence-electron chi connectivity index (χ2n) is 14.1. The molecule has 0 saturated carbocycles. The van der Waals surface area contributed by atoms with Gasteiger partial charge in [0.1, 0.15) is 73.2 Å². The van der Waals surface area contributed by atoms with E-state index in [1.165, 1.54) is 25.8 Å². The summed E-state index contributed by atoms with van der Waals surface area (Å²) in [6.45, 7) is 0.582. The minimum atomic E-state index is -1.98. The molecule has 17 atom stereocenters. The number of ether oxygens (including phenoxy) is 6. The number of nitrogens with one attached hydrogen (secondary N) is 1. The predicted molar refractivity (Wildman–Crippen MR) is 194 cm³/mol. The Balaban J connectivity index is 1.56. The first-order valence-electron chi connectivity index (χ1n) is 19.2. The second kappa shape index (κ2) is 24.8. The highest BCUT2D eigenvalue weighted by Crippen LogP contribution is 2.32. The van der Waals surface area contributed by atoms with Gasteiger partial charge in [0, 0.05) is 6.92 Å². The SMILES string of the molecule is CCCC/C=C/CC/C=C/CC/C=C/C(O)C(COC1OC(CO)C(OC2OC(CO)C(OC3OC(CO)C(O)C(O)C3O)C(O)C2O)C(O)C1O)NC(C)=O. The van der Waals surface area contributed by atoms with E-state index in [1.807, 2.05) is 0 Å². The number of rotatable bonds is 22. The normalized spacial score (nSPS) is 38.1. The maximum atomic E-state index is 11.9. The van der Waals surface area contributed by atoms with Gasteiger partial charge in [-0.25, -0.2) is 0 Å². The smallest absolute Gasteiger partial charge is 0.217 e. The number of aliphatic hydroxyl groups excluding tert-OH is 11. The molecule has 3 fully saturated rings. The van der Waals surface area contributed by atoms with Crippen molar-refractivity contribution in [2.45, 2.75) is 163 Å². The molecule has 0 radical (unpaired) electrons. The Morgan fingerprint density at radius 3 is 1.57 bits per heavy atom. The number of hydrogen-bond acceptors (Lipinski definition) is 18. The number of carbonyl (C=O) groups excluding carboxylic acids is 1. The molecule has 19 nitrogen and oxygen atoms in total. The van der Waals surface area contributed by atoms with E-state index in [0.29, 0.717) is 6.42 Å². The van der Waals surface area contributed by atoms with E-state index < -0.39 is 130 Å². The summed E-state index contributed by atoms with van der Waals surface area (Å²) in [5, 5.41) is 117. The number of allylic oxidation sites excluding steroid dienone is 5. The van der Waals surface area contributed by atoms with Gasteiger partial charge in [0.2, 0.25) is 5.91 Å². The van der Waals surface area contributed by atoms with E-state index in [0.717, 1.165) is 25.7 Å². The third-order valence-corrected chi connectivity index (χ3v) is 9.70. The Hall–Kier alpha value is -1.99. The average molecular weight is 810 g/mol. The van der Waals surface area contributed by atoms with E-state index in [4.69, 9.17) is 28.4 Å². The van der Waals surface area contributed by atoms with Crippen LogP contribution in [0.5, 0.6) is 0 Å². The third-order valence-electron chi connectivity index (χ3n) is 9.70. The van der Waals surface area contributed by atoms with Gasteiger partial charge >= 0.3 is 0 Å². The van der Waals surface area contributed by atoms with Crippen LogP contribution in [0.25, 0.3) is 0 Å². The largest absolute Gasteiger partial charge is 0.394 e. The summed E-state index contributed by atoms with van der Waals surface area (Å²) in [6, 6.07) is -0.992. The van der Waals surface area contributed by atoms with Gasteiger partial charge in [-0.3, -0.25) is 4.79 Å². The van der Waals surface area contributed by atoms with Crippen LogP contribution in [0.2, 0.25) is 0 Å². The summed E-state index contributed by atoms with van der Waals surface area (Å²) in [7, 11) is 0. The van der Waals surface area contributed by atoms with Crippen LogP contribution >= 0.6 is 0 Å². The van der Waals surface area contributed by atoms with Crippen molar-refractivity contribution >= 4 is 5.91 Å². The predicted octanol–water partition coefficient (Wildman–Crippen LogP) is -3.26. The fraction of sp³-hybridized carbons (Fsp3) is 0.811. The summed E-state index contributed by atoms with van der Waals surface area (Å²) in [5.41, 5.74) is 0. The molecule has 1 amide bonds. The Labute approximate surface area is 326 Å². The van der Waals surface area contributed by atoms with Gasteiger partial charge < -0.3 is 89.9 Å². The van der Waals surface area contributed by atoms with Gasteiger partial charge in [-0.15, -0.1) is 0 Å². The standard InChI is InChI=1S/C37H63NO18/c1-3-4-5-6-7-8-9-10-11-12-13-14-15-22(43)21(38-20(2)42)19-51-35-31(49)28(46)33(24(17-40)53-35)56-37-32(50)29(47)34(25(18-41)54-37)55-36-30(48)27(45)26(44)23(16-39)52-36/h6-7,10-11,14-15,21-37,39-41,43-50H,3-5,8-9,12-13,16-19H2,1-2H3,(H,38,42)/b7-6+,11-10+,15-14+. The molecule has 17 unspecified atom stereocenters. The van der Waals surface area contributed by atoms with E-state index in [2.05, 4.69) is 36.5 Å². The molecule has 3 heterocycles. The first-order chi connectivity index (χ1) is 26.8. The zero-order valence-corrected chi connectivity index (χ0v) is 31.8. The van der Waals surface area contributed by atoms with Crippen LogP contribution in [0.1, 0.15) is 58.8 Å². The highest BCUT2D eigenvalue weighted by molar-refractivity contribution is 5.73. The van der Waals surface area contributed by atoms with E-state index in [1.54, 1.807) is 6.08 Å². The molecule has 324 valence electrons. The van der Waals surface area contributed by atoms with Crippen molar-refractivity contribution in [1.82, 2.24) is 5.32 Å². The van der Waals surface area contributed by atoms with E-state index in [-0.39, 0.29) is 6.61 Å². The molecule has 3 aliphatic rings. The molecule has 12 N–H and O–H groups in total. The van der Waals surface area contributed by atoms with Crippen LogP contribution in [-0.4, -0.2) is 193 Å². The molecule has 56 heavy (non-hydrogen) atoms. The molecule has 19 heteroatoms.